The lowest BCUT2D eigenvalue weighted by Crippen LogP contribution is -2.39. The third kappa shape index (κ3) is 3.97. The molecule has 1 saturated carbocycles. The van der Waals surface area contributed by atoms with Crippen LogP contribution in [0.3, 0.4) is 0 Å². The van der Waals surface area contributed by atoms with Crippen molar-refractivity contribution in [3.63, 3.8) is 0 Å². The molecular weight excluding hydrogens is 172 g/mol. The van der Waals surface area contributed by atoms with Crippen LogP contribution in [0.2, 0.25) is 0 Å². The molecule has 0 aliphatic heterocycles. The summed E-state index contributed by atoms with van der Waals surface area (Å²) in [6.07, 6.45) is 8.12. The number of rotatable bonds is 5. The second-order valence-corrected chi connectivity index (χ2v) is 5.17. The van der Waals surface area contributed by atoms with E-state index in [0.29, 0.717) is 11.5 Å². The maximum Gasteiger partial charge on any atom is 0.0162 e. The van der Waals surface area contributed by atoms with Crippen LogP contribution in [0.5, 0.6) is 0 Å². The molecule has 1 aliphatic carbocycles. The van der Waals surface area contributed by atoms with Crippen molar-refractivity contribution in [2.45, 2.75) is 58.4 Å². The number of hydrogen-bond acceptors (Lipinski definition) is 2. The SMILES string of the molecule is CCC(N)CNCC1(C)CCCCC1. The highest BCUT2D eigenvalue weighted by Crippen LogP contribution is 2.34. The lowest BCUT2D eigenvalue weighted by atomic mass is 9.76. The fourth-order valence-electron chi connectivity index (χ4n) is 2.29. The summed E-state index contributed by atoms with van der Waals surface area (Å²) < 4.78 is 0. The molecule has 3 N–H and O–H groups in total. The summed E-state index contributed by atoms with van der Waals surface area (Å²) in [6, 6.07) is 0.335. The van der Waals surface area contributed by atoms with Gasteiger partial charge in [-0.15, -0.1) is 0 Å². The molecule has 0 aromatic heterocycles. The van der Waals surface area contributed by atoms with Gasteiger partial charge < -0.3 is 11.1 Å². The summed E-state index contributed by atoms with van der Waals surface area (Å²) in [5.74, 6) is 0. The van der Waals surface area contributed by atoms with E-state index in [0.717, 1.165) is 19.5 Å². The van der Waals surface area contributed by atoms with Crippen molar-refractivity contribution in [1.29, 1.82) is 0 Å². The van der Waals surface area contributed by atoms with E-state index >= 15 is 0 Å². The Bertz CT molecular complexity index is 150. The normalized spacial score (nSPS) is 23.4. The first kappa shape index (κ1) is 12.0. The van der Waals surface area contributed by atoms with E-state index in [-0.39, 0.29) is 0 Å². The maximum absolute atomic E-state index is 5.87. The summed E-state index contributed by atoms with van der Waals surface area (Å²) in [7, 11) is 0. The zero-order chi connectivity index (χ0) is 10.4. The molecule has 0 spiro atoms. The molecule has 1 fully saturated rings. The van der Waals surface area contributed by atoms with Crippen LogP contribution in [0, 0.1) is 5.41 Å². The highest BCUT2D eigenvalue weighted by Gasteiger charge is 2.25. The van der Waals surface area contributed by atoms with Gasteiger partial charge in [-0.25, -0.2) is 0 Å². The van der Waals surface area contributed by atoms with Crippen LogP contribution < -0.4 is 11.1 Å². The Balaban J connectivity index is 2.15. The quantitative estimate of drug-likeness (QED) is 0.711. The first-order chi connectivity index (χ1) is 6.66. The molecule has 0 saturated heterocycles. The minimum absolute atomic E-state index is 0.335. The van der Waals surface area contributed by atoms with Gasteiger partial charge in [0.15, 0.2) is 0 Å². The summed E-state index contributed by atoms with van der Waals surface area (Å²) in [5.41, 5.74) is 6.42. The van der Waals surface area contributed by atoms with Gasteiger partial charge in [0, 0.05) is 19.1 Å². The molecule has 2 nitrogen and oxygen atoms in total. The van der Waals surface area contributed by atoms with Gasteiger partial charge in [0.05, 0.1) is 0 Å². The van der Waals surface area contributed by atoms with Crippen molar-refractivity contribution in [3.05, 3.63) is 0 Å². The van der Waals surface area contributed by atoms with E-state index in [2.05, 4.69) is 19.2 Å². The van der Waals surface area contributed by atoms with Crippen LogP contribution in [-0.4, -0.2) is 19.1 Å². The zero-order valence-corrected chi connectivity index (χ0v) is 9.81. The Hall–Kier alpha value is -0.0800. The van der Waals surface area contributed by atoms with Crippen molar-refractivity contribution in [2.75, 3.05) is 13.1 Å². The second-order valence-electron chi connectivity index (χ2n) is 5.17. The van der Waals surface area contributed by atoms with Crippen LogP contribution in [0.1, 0.15) is 52.4 Å². The first-order valence-electron chi connectivity index (χ1n) is 6.12. The third-order valence-electron chi connectivity index (χ3n) is 3.54. The van der Waals surface area contributed by atoms with Crippen molar-refractivity contribution in [1.82, 2.24) is 5.32 Å². The van der Waals surface area contributed by atoms with Gasteiger partial charge in [0.25, 0.3) is 0 Å². The van der Waals surface area contributed by atoms with Crippen molar-refractivity contribution in [2.24, 2.45) is 11.1 Å². The standard InChI is InChI=1S/C12H26N2/c1-3-11(13)9-14-10-12(2)7-5-4-6-8-12/h11,14H,3-10,13H2,1-2H3. The molecule has 2 heteroatoms. The van der Waals surface area contributed by atoms with E-state index < -0.39 is 0 Å². The predicted octanol–water partition coefficient (Wildman–Crippen LogP) is 2.28. The molecule has 1 aliphatic rings. The Morgan fingerprint density at radius 1 is 1.29 bits per heavy atom. The molecule has 14 heavy (non-hydrogen) atoms. The Morgan fingerprint density at radius 2 is 1.93 bits per heavy atom. The third-order valence-corrected chi connectivity index (χ3v) is 3.54. The van der Waals surface area contributed by atoms with E-state index in [1.807, 2.05) is 0 Å². The molecule has 1 rings (SSSR count). The lowest BCUT2D eigenvalue weighted by molar-refractivity contribution is 0.207. The smallest absolute Gasteiger partial charge is 0.0162 e. The molecule has 0 aromatic rings. The van der Waals surface area contributed by atoms with Gasteiger partial charge in [-0.1, -0.05) is 33.1 Å². The van der Waals surface area contributed by atoms with Crippen LogP contribution in [0.15, 0.2) is 0 Å². The molecule has 0 aromatic carbocycles. The number of hydrogen-bond donors (Lipinski definition) is 2. The van der Waals surface area contributed by atoms with Crippen LogP contribution in [0.4, 0.5) is 0 Å². The Morgan fingerprint density at radius 3 is 2.50 bits per heavy atom. The monoisotopic (exact) mass is 198 g/mol. The van der Waals surface area contributed by atoms with E-state index in [4.69, 9.17) is 5.73 Å². The van der Waals surface area contributed by atoms with E-state index in [1.165, 1.54) is 32.1 Å². The molecule has 1 atom stereocenters. The topological polar surface area (TPSA) is 38.0 Å². The average Bonchev–Trinajstić information content (AvgIpc) is 2.18. The highest BCUT2D eigenvalue weighted by molar-refractivity contribution is 4.81. The minimum atomic E-state index is 0.335. The summed E-state index contributed by atoms with van der Waals surface area (Å²) in [4.78, 5) is 0. The molecule has 0 radical (unpaired) electrons. The molecule has 0 amide bonds. The fourth-order valence-corrected chi connectivity index (χ4v) is 2.29. The Kier molecular flexibility index (Phi) is 4.90. The molecule has 0 bridgehead atoms. The van der Waals surface area contributed by atoms with E-state index in [9.17, 15) is 0 Å². The molecule has 1 unspecified atom stereocenters. The molecule has 0 heterocycles. The number of nitrogens with one attached hydrogen (secondary N) is 1. The van der Waals surface area contributed by atoms with Gasteiger partial charge in [-0.05, 0) is 24.7 Å². The minimum Gasteiger partial charge on any atom is -0.327 e. The Labute approximate surface area is 88.6 Å². The highest BCUT2D eigenvalue weighted by atomic mass is 14.9. The van der Waals surface area contributed by atoms with Crippen LogP contribution >= 0.6 is 0 Å². The zero-order valence-electron chi connectivity index (χ0n) is 9.81. The maximum atomic E-state index is 5.87. The first-order valence-corrected chi connectivity index (χ1v) is 6.12. The summed E-state index contributed by atoms with van der Waals surface area (Å²) >= 11 is 0. The average molecular weight is 198 g/mol. The van der Waals surface area contributed by atoms with Crippen molar-refractivity contribution >= 4 is 0 Å². The molecule has 84 valence electrons. The number of nitrogens with two attached hydrogens (primary N) is 1. The summed E-state index contributed by atoms with van der Waals surface area (Å²) in [6.45, 7) is 6.69. The van der Waals surface area contributed by atoms with Crippen molar-refractivity contribution in [3.8, 4) is 0 Å². The van der Waals surface area contributed by atoms with Crippen LogP contribution in [0.25, 0.3) is 0 Å². The van der Waals surface area contributed by atoms with E-state index in [1.54, 1.807) is 0 Å². The van der Waals surface area contributed by atoms with Gasteiger partial charge in [0.1, 0.15) is 0 Å². The van der Waals surface area contributed by atoms with Crippen molar-refractivity contribution < 1.29 is 0 Å². The van der Waals surface area contributed by atoms with Gasteiger partial charge in [-0.2, -0.15) is 0 Å². The predicted molar refractivity (Wildman–Crippen MR) is 62.3 cm³/mol. The van der Waals surface area contributed by atoms with Gasteiger partial charge >= 0.3 is 0 Å². The largest absolute Gasteiger partial charge is 0.327 e. The summed E-state index contributed by atoms with van der Waals surface area (Å²) in [5, 5.41) is 3.52. The lowest BCUT2D eigenvalue weighted by Gasteiger charge is -2.34. The van der Waals surface area contributed by atoms with Crippen LogP contribution in [-0.2, 0) is 0 Å². The fraction of sp³-hybridized carbons (Fsp3) is 1.00. The molecular formula is C12H26N2. The van der Waals surface area contributed by atoms with Gasteiger partial charge in [-0.3, -0.25) is 0 Å². The van der Waals surface area contributed by atoms with Gasteiger partial charge in [0.2, 0.25) is 0 Å². The second kappa shape index (κ2) is 5.72.